The van der Waals surface area contributed by atoms with Crippen LogP contribution in [0, 0.1) is 0 Å². The molecule has 0 saturated carbocycles. The average Bonchev–Trinajstić information content (AvgIpc) is 2.95. The van der Waals surface area contributed by atoms with Gasteiger partial charge in [-0.3, -0.25) is 0 Å². The second-order valence-corrected chi connectivity index (χ2v) is 5.74. The highest BCUT2D eigenvalue weighted by molar-refractivity contribution is 5.46. The Kier molecular flexibility index (Phi) is 3.71. The molecule has 0 fully saturated rings. The summed E-state index contributed by atoms with van der Waals surface area (Å²) >= 11 is 0. The summed E-state index contributed by atoms with van der Waals surface area (Å²) in [5.74, 6) is 1.86. The van der Waals surface area contributed by atoms with Crippen LogP contribution in [-0.4, -0.2) is 28.4 Å². The molecule has 6 heteroatoms. The molecule has 1 N–H and O–H groups in total. The monoisotopic (exact) mass is 264 g/mol. The number of nitrogens with zero attached hydrogens (tertiary/aromatic N) is 3. The molecule has 104 valence electrons. The van der Waals surface area contributed by atoms with Crippen LogP contribution in [0.5, 0.6) is 0 Å². The predicted octanol–water partition coefficient (Wildman–Crippen LogP) is 2.17. The van der Waals surface area contributed by atoms with Crippen molar-refractivity contribution in [1.82, 2.24) is 20.6 Å². The van der Waals surface area contributed by atoms with Gasteiger partial charge in [-0.1, -0.05) is 31.1 Å². The summed E-state index contributed by atoms with van der Waals surface area (Å²) < 4.78 is 10.5. The number of aromatic nitrogens is 3. The van der Waals surface area contributed by atoms with Crippen LogP contribution >= 0.6 is 0 Å². The van der Waals surface area contributed by atoms with Crippen molar-refractivity contribution in [2.75, 3.05) is 7.05 Å². The van der Waals surface area contributed by atoms with Crippen LogP contribution in [0.2, 0.25) is 0 Å². The van der Waals surface area contributed by atoms with Gasteiger partial charge in [0.05, 0.1) is 0 Å². The van der Waals surface area contributed by atoms with Gasteiger partial charge in [-0.05, 0) is 14.0 Å². The van der Waals surface area contributed by atoms with Gasteiger partial charge in [0, 0.05) is 23.9 Å². The van der Waals surface area contributed by atoms with Crippen molar-refractivity contribution in [2.45, 2.75) is 45.6 Å². The maximum atomic E-state index is 5.30. The minimum atomic E-state index is -0.0885. The largest absolute Gasteiger partial charge is 0.360 e. The number of rotatable bonds is 4. The number of likely N-dealkylation sites (N-methyl/N-ethyl adjacent to an activating group) is 1. The van der Waals surface area contributed by atoms with E-state index >= 15 is 0 Å². The Morgan fingerprint density at radius 3 is 2.58 bits per heavy atom. The second-order valence-electron chi connectivity index (χ2n) is 5.74. The molecule has 2 rings (SSSR count). The fourth-order valence-electron chi connectivity index (χ4n) is 1.55. The molecule has 1 atom stereocenters. The Balaban J connectivity index is 2.16. The van der Waals surface area contributed by atoms with Crippen LogP contribution in [0.15, 0.2) is 15.1 Å². The maximum Gasteiger partial charge on any atom is 0.280 e. The molecule has 0 bridgehead atoms. The summed E-state index contributed by atoms with van der Waals surface area (Å²) in [6.07, 6.45) is 0.712. The average molecular weight is 264 g/mol. The van der Waals surface area contributed by atoms with Crippen LogP contribution in [0.1, 0.15) is 39.3 Å². The van der Waals surface area contributed by atoms with Gasteiger partial charge in [0.15, 0.2) is 11.5 Å². The third-order valence-corrected chi connectivity index (χ3v) is 2.92. The molecule has 0 aliphatic carbocycles. The Labute approximate surface area is 112 Å². The van der Waals surface area contributed by atoms with Crippen molar-refractivity contribution >= 4 is 0 Å². The van der Waals surface area contributed by atoms with E-state index in [0.29, 0.717) is 29.9 Å². The number of nitrogens with one attached hydrogen (secondary N) is 1. The molecule has 1 unspecified atom stereocenters. The summed E-state index contributed by atoms with van der Waals surface area (Å²) in [6, 6.07) is 2.15. The second kappa shape index (κ2) is 5.13. The molecule has 0 spiro atoms. The first kappa shape index (κ1) is 13.7. The van der Waals surface area contributed by atoms with Gasteiger partial charge in [-0.2, -0.15) is 4.98 Å². The highest BCUT2D eigenvalue weighted by Gasteiger charge is 2.22. The van der Waals surface area contributed by atoms with Gasteiger partial charge in [-0.15, -0.1) is 0 Å². The lowest BCUT2D eigenvalue weighted by atomic mass is 9.93. The Bertz CT molecular complexity index is 539. The van der Waals surface area contributed by atoms with E-state index in [1.54, 1.807) is 0 Å². The zero-order valence-electron chi connectivity index (χ0n) is 12.0. The first-order valence-corrected chi connectivity index (χ1v) is 6.37. The first-order valence-electron chi connectivity index (χ1n) is 6.37. The van der Waals surface area contributed by atoms with E-state index in [9.17, 15) is 0 Å². The maximum absolute atomic E-state index is 5.30. The lowest BCUT2D eigenvalue weighted by Crippen LogP contribution is -2.24. The topological polar surface area (TPSA) is 77.0 Å². The van der Waals surface area contributed by atoms with Crippen molar-refractivity contribution in [3.8, 4) is 11.6 Å². The van der Waals surface area contributed by atoms with E-state index in [-0.39, 0.29) is 5.41 Å². The van der Waals surface area contributed by atoms with Gasteiger partial charge < -0.3 is 14.4 Å². The van der Waals surface area contributed by atoms with Crippen LogP contribution < -0.4 is 5.32 Å². The molecule has 6 nitrogen and oxygen atoms in total. The summed E-state index contributed by atoms with van der Waals surface area (Å²) in [5, 5.41) is 11.1. The van der Waals surface area contributed by atoms with Crippen LogP contribution in [-0.2, 0) is 11.8 Å². The number of hydrogen-bond acceptors (Lipinski definition) is 6. The molecule has 0 amide bonds. The molecule has 0 aromatic carbocycles. The summed E-state index contributed by atoms with van der Waals surface area (Å²) in [4.78, 5) is 4.32. The van der Waals surface area contributed by atoms with E-state index in [1.165, 1.54) is 0 Å². The van der Waals surface area contributed by atoms with Gasteiger partial charge in [0.1, 0.15) is 5.76 Å². The van der Waals surface area contributed by atoms with Crippen molar-refractivity contribution in [1.29, 1.82) is 0 Å². The molecule has 19 heavy (non-hydrogen) atoms. The molecule has 0 aliphatic rings. The number of hydrogen-bond donors (Lipinski definition) is 1. The zero-order valence-corrected chi connectivity index (χ0v) is 12.0. The van der Waals surface area contributed by atoms with Gasteiger partial charge in [0.25, 0.3) is 5.89 Å². The lowest BCUT2D eigenvalue weighted by molar-refractivity contribution is 0.328. The van der Waals surface area contributed by atoms with Crippen LogP contribution in [0.3, 0.4) is 0 Å². The summed E-state index contributed by atoms with van der Waals surface area (Å²) in [7, 11) is 1.90. The molecule has 2 aromatic rings. The summed E-state index contributed by atoms with van der Waals surface area (Å²) in [6.45, 7) is 8.24. The lowest BCUT2D eigenvalue weighted by Gasteiger charge is -2.11. The molecule has 2 heterocycles. The van der Waals surface area contributed by atoms with Crippen molar-refractivity contribution in [3.05, 3.63) is 17.7 Å². The van der Waals surface area contributed by atoms with E-state index < -0.39 is 0 Å². The van der Waals surface area contributed by atoms with Crippen LogP contribution in [0.4, 0.5) is 0 Å². The molecule has 2 aromatic heterocycles. The van der Waals surface area contributed by atoms with Gasteiger partial charge >= 0.3 is 0 Å². The minimum absolute atomic E-state index is 0.0885. The fourth-order valence-corrected chi connectivity index (χ4v) is 1.55. The predicted molar refractivity (Wildman–Crippen MR) is 70.7 cm³/mol. The molecular weight excluding hydrogens is 244 g/mol. The molecule has 0 aliphatic heterocycles. The Hall–Kier alpha value is -1.69. The quantitative estimate of drug-likeness (QED) is 0.912. The normalized spacial score (nSPS) is 13.7. The SMILES string of the molecule is CNC(C)Cc1noc(-c2cc(C(C)(C)C)on2)n1. The molecular formula is C13H20N4O2. The Morgan fingerprint density at radius 1 is 1.26 bits per heavy atom. The minimum Gasteiger partial charge on any atom is -0.360 e. The highest BCUT2D eigenvalue weighted by atomic mass is 16.5. The third-order valence-electron chi connectivity index (χ3n) is 2.92. The van der Waals surface area contributed by atoms with E-state index in [4.69, 9.17) is 9.05 Å². The van der Waals surface area contributed by atoms with Crippen LogP contribution in [0.25, 0.3) is 11.6 Å². The first-order chi connectivity index (χ1) is 8.90. The van der Waals surface area contributed by atoms with Crippen molar-refractivity contribution in [2.24, 2.45) is 0 Å². The summed E-state index contributed by atoms with van der Waals surface area (Å²) in [5.41, 5.74) is 0.496. The van der Waals surface area contributed by atoms with Gasteiger partial charge in [0.2, 0.25) is 0 Å². The highest BCUT2D eigenvalue weighted by Crippen LogP contribution is 2.26. The fraction of sp³-hybridized carbons (Fsp3) is 0.615. The zero-order chi connectivity index (χ0) is 14.0. The van der Waals surface area contributed by atoms with Gasteiger partial charge in [-0.25, -0.2) is 0 Å². The van der Waals surface area contributed by atoms with Crippen molar-refractivity contribution < 1.29 is 9.05 Å². The smallest absolute Gasteiger partial charge is 0.280 e. The standard InChI is InChI=1S/C13H20N4O2/c1-8(14-5)6-11-15-12(19-17-11)9-7-10(18-16-9)13(2,3)4/h7-8,14H,6H2,1-5H3. The Morgan fingerprint density at radius 2 is 2.00 bits per heavy atom. The van der Waals surface area contributed by atoms with E-state index in [0.717, 1.165) is 5.76 Å². The molecule has 0 saturated heterocycles. The van der Waals surface area contributed by atoms with Crippen molar-refractivity contribution in [3.63, 3.8) is 0 Å². The van der Waals surface area contributed by atoms with E-state index in [1.807, 2.05) is 13.1 Å². The third kappa shape index (κ3) is 3.20. The molecule has 0 radical (unpaired) electrons. The van der Waals surface area contributed by atoms with E-state index in [2.05, 4.69) is 48.3 Å².